The maximum absolute atomic E-state index is 11.1. The molecule has 0 aliphatic carbocycles. The zero-order valence-corrected chi connectivity index (χ0v) is 10.9. The molecule has 3 aromatic heterocycles. The van der Waals surface area contributed by atoms with Gasteiger partial charge in [-0.15, -0.1) is 0 Å². The highest BCUT2D eigenvalue weighted by molar-refractivity contribution is 6.04. The first kappa shape index (κ1) is 11.7. The largest absolute Gasteiger partial charge is 0.478 e. The third kappa shape index (κ3) is 1.79. The van der Waals surface area contributed by atoms with Crippen LogP contribution in [-0.4, -0.2) is 25.7 Å². The molecule has 2 N–H and O–H groups in total. The number of nitrogens with one attached hydrogen (secondary N) is 1. The summed E-state index contributed by atoms with van der Waals surface area (Å²) in [4.78, 5) is 14.1. The van der Waals surface area contributed by atoms with Crippen LogP contribution in [0.5, 0.6) is 0 Å². The zero-order chi connectivity index (χ0) is 14.4. The highest BCUT2D eigenvalue weighted by Crippen LogP contribution is 2.26. The number of H-pyrrole nitrogens is 1. The van der Waals surface area contributed by atoms with Gasteiger partial charge in [0.05, 0.1) is 11.1 Å². The van der Waals surface area contributed by atoms with E-state index >= 15 is 0 Å². The third-order valence-electron chi connectivity index (χ3n) is 3.65. The predicted molar refractivity (Wildman–Crippen MR) is 79.4 cm³/mol. The van der Waals surface area contributed by atoms with E-state index < -0.39 is 5.97 Å². The molecule has 5 heteroatoms. The summed E-state index contributed by atoms with van der Waals surface area (Å²) < 4.78 is 1.80. The van der Waals surface area contributed by atoms with Crippen molar-refractivity contribution in [2.45, 2.75) is 0 Å². The number of aromatic amines is 1. The number of hydrogen-bond acceptors (Lipinski definition) is 2. The van der Waals surface area contributed by atoms with Crippen molar-refractivity contribution in [1.29, 1.82) is 0 Å². The second kappa shape index (κ2) is 4.21. The molecule has 21 heavy (non-hydrogen) atoms. The lowest BCUT2D eigenvalue weighted by Crippen LogP contribution is -1.93. The molecule has 0 amide bonds. The average Bonchev–Trinajstić information content (AvgIpc) is 3.12. The van der Waals surface area contributed by atoms with E-state index in [2.05, 4.69) is 16.1 Å². The van der Waals surface area contributed by atoms with E-state index in [4.69, 9.17) is 5.11 Å². The lowest BCUT2D eigenvalue weighted by Gasteiger charge is -2.03. The van der Waals surface area contributed by atoms with Gasteiger partial charge in [0.25, 0.3) is 0 Å². The van der Waals surface area contributed by atoms with Gasteiger partial charge < -0.3 is 10.1 Å². The van der Waals surface area contributed by atoms with Crippen LogP contribution in [-0.2, 0) is 0 Å². The van der Waals surface area contributed by atoms with Gasteiger partial charge in [-0.3, -0.25) is 0 Å². The Bertz CT molecular complexity index is 981. The van der Waals surface area contributed by atoms with E-state index in [-0.39, 0.29) is 0 Å². The van der Waals surface area contributed by atoms with E-state index in [9.17, 15) is 4.79 Å². The molecule has 0 spiro atoms. The number of pyridine rings is 1. The molecule has 0 fully saturated rings. The molecule has 3 heterocycles. The molecule has 0 atom stereocenters. The van der Waals surface area contributed by atoms with Crippen LogP contribution in [0.2, 0.25) is 0 Å². The number of hydrogen-bond donors (Lipinski definition) is 2. The molecule has 4 rings (SSSR count). The van der Waals surface area contributed by atoms with Crippen LogP contribution in [0.25, 0.3) is 27.5 Å². The Morgan fingerprint density at radius 1 is 1.14 bits per heavy atom. The average molecular weight is 277 g/mol. The fourth-order valence-electron chi connectivity index (χ4n) is 2.58. The molecule has 4 aromatic rings. The topological polar surface area (TPSA) is 70.4 Å². The summed E-state index contributed by atoms with van der Waals surface area (Å²) in [7, 11) is 0. The van der Waals surface area contributed by atoms with Crippen molar-refractivity contribution in [3.8, 4) is 11.1 Å². The summed E-state index contributed by atoms with van der Waals surface area (Å²) >= 11 is 0. The standard InChI is InChI=1S/C16H11N3O2/c20-16(21)14-9-17-15-8-10(1-2-13(14)15)11-4-6-19-12(7-11)3-5-18-19/h1-9,17H,(H,20,21). The van der Waals surface area contributed by atoms with Crippen molar-refractivity contribution in [1.82, 2.24) is 14.6 Å². The number of nitrogens with zero attached hydrogens (tertiary/aromatic N) is 2. The molecule has 0 saturated carbocycles. The van der Waals surface area contributed by atoms with Gasteiger partial charge in [0.1, 0.15) is 0 Å². The number of carbonyl (C=O) groups is 1. The van der Waals surface area contributed by atoms with Gasteiger partial charge in [0, 0.05) is 29.5 Å². The maximum Gasteiger partial charge on any atom is 0.337 e. The molecule has 0 aliphatic heterocycles. The van der Waals surface area contributed by atoms with Crippen LogP contribution in [0.4, 0.5) is 0 Å². The normalized spacial score (nSPS) is 11.2. The van der Waals surface area contributed by atoms with Crippen molar-refractivity contribution >= 4 is 22.4 Å². The number of carboxylic acids is 1. The first-order valence-corrected chi connectivity index (χ1v) is 6.50. The second-order valence-electron chi connectivity index (χ2n) is 4.88. The zero-order valence-electron chi connectivity index (χ0n) is 10.9. The van der Waals surface area contributed by atoms with Gasteiger partial charge in [-0.1, -0.05) is 12.1 Å². The molecule has 1 aromatic carbocycles. The first-order valence-electron chi connectivity index (χ1n) is 6.50. The summed E-state index contributed by atoms with van der Waals surface area (Å²) in [5.41, 5.74) is 4.23. The summed E-state index contributed by atoms with van der Waals surface area (Å²) in [5.74, 6) is -0.922. The quantitative estimate of drug-likeness (QED) is 0.591. The minimum Gasteiger partial charge on any atom is -0.478 e. The Hall–Kier alpha value is -3.08. The van der Waals surface area contributed by atoms with Crippen LogP contribution in [0.1, 0.15) is 10.4 Å². The van der Waals surface area contributed by atoms with Crippen LogP contribution in [0.3, 0.4) is 0 Å². The minimum atomic E-state index is -0.922. The molecule has 5 nitrogen and oxygen atoms in total. The van der Waals surface area contributed by atoms with Gasteiger partial charge in [-0.25, -0.2) is 9.31 Å². The minimum absolute atomic E-state index is 0.294. The summed E-state index contributed by atoms with van der Waals surface area (Å²) in [5, 5.41) is 14.0. The molecular formula is C16H11N3O2. The molecule has 0 aliphatic rings. The van der Waals surface area contributed by atoms with Crippen LogP contribution >= 0.6 is 0 Å². The molecular weight excluding hydrogens is 266 g/mol. The maximum atomic E-state index is 11.1. The van der Waals surface area contributed by atoms with Crippen LogP contribution in [0, 0.1) is 0 Å². The smallest absolute Gasteiger partial charge is 0.337 e. The Kier molecular flexibility index (Phi) is 2.35. The number of aromatic carboxylic acids is 1. The second-order valence-corrected chi connectivity index (χ2v) is 4.88. The highest BCUT2D eigenvalue weighted by Gasteiger charge is 2.11. The van der Waals surface area contributed by atoms with E-state index in [1.54, 1.807) is 10.7 Å². The Morgan fingerprint density at radius 2 is 2.00 bits per heavy atom. The van der Waals surface area contributed by atoms with E-state index in [0.29, 0.717) is 5.56 Å². The number of fused-ring (bicyclic) bond motifs is 2. The van der Waals surface area contributed by atoms with Gasteiger partial charge in [-0.05, 0) is 35.4 Å². The van der Waals surface area contributed by atoms with Gasteiger partial charge in [-0.2, -0.15) is 5.10 Å². The van der Waals surface area contributed by atoms with Crippen LogP contribution in [0.15, 0.2) is 55.0 Å². The Labute approximate surface area is 119 Å². The fraction of sp³-hybridized carbons (Fsp3) is 0. The van der Waals surface area contributed by atoms with Crippen molar-refractivity contribution in [3.05, 3.63) is 60.6 Å². The fourth-order valence-corrected chi connectivity index (χ4v) is 2.58. The Balaban J connectivity index is 1.88. The van der Waals surface area contributed by atoms with E-state index in [0.717, 1.165) is 27.5 Å². The Morgan fingerprint density at radius 3 is 2.86 bits per heavy atom. The molecule has 0 unspecified atom stereocenters. The molecule has 0 bridgehead atoms. The van der Waals surface area contributed by atoms with Crippen molar-refractivity contribution in [3.63, 3.8) is 0 Å². The van der Waals surface area contributed by atoms with Crippen molar-refractivity contribution in [2.75, 3.05) is 0 Å². The van der Waals surface area contributed by atoms with Crippen molar-refractivity contribution < 1.29 is 9.90 Å². The summed E-state index contributed by atoms with van der Waals surface area (Å²) in [6.45, 7) is 0. The lowest BCUT2D eigenvalue weighted by atomic mass is 10.0. The lowest BCUT2D eigenvalue weighted by molar-refractivity contribution is 0.0699. The first-order chi connectivity index (χ1) is 10.2. The predicted octanol–water partition coefficient (Wildman–Crippen LogP) is 3.18. The SMILES string of the molecule is O=C(O)c1c[nH]c2cc(-c3ccn4nccc4c3)ccc12. The number of carboxylic acid groups (broad SMARTS) is 1. The number of rotatable bonds is 2. The van der Waals surface area contributed by atoms with E-state index in [1.807, 2.05) is 36.5 Å². The molecule has 0 radical (unpaired) electrons. The third-order valence-corrected chi connectivity index (χ3v) is 3.65. The summed E-state index contributed by atoms with van der Waals surface area (Å²) in [6, 6.07) is 11.7. The monoisotopic (exact) mass is 277 g/mol. The van der Waals surface area contributed by atoms with Crippen molar-refractivity contribution in [2.24, 2.45) is 0 Å². The molecule has 0 saturated heterocycles. The van der Waals surface area contributed by atoms with E-state index in [1.165, 1.54) is 6.20 Å². The van der Waals surface area contributed by atoms with Gasteiger partial charge >= 0.3 is 5.97 Å². The highest BCUT2D eigenvalue weighted by atomic mass is 16.4. The molecule has 102 valence electrons. The summed E-state index contributed by atoms with van der Waals surface area (Å²) in [6.07, 6.45) is 5.19. The number of aromatic nitrogens is 3. The van der Waals surface area contributed by atoms with Crippen LogP contribution < -0.4 is 0 Å². The number of benzene rings is 1. The van der Waals surface area contributed by atoms with Gasteiger partial charge in [0.15, 0.2) is 0 Å². The van der Waals surface area contributed by atoms with Gasteiger partial charge in [0.2, 0.25) is 0 Å².